The number of amidine groups is 1. The van der Waals surface area contributed by atoms with Crippen LogP contribution in [0.15, 0.2) is 71.9 Å². The molecule has 1 heterocycles. The van der Waals surface area contributed by atoms with Crippen molar-refractivity contribution in [1.29, 1.82) is 0 Å². The van der Waals surface area contributed by atoms with E-state index in [4.69, 9.17) is 10.9 Å². The van der Waals surface area contributed by atoms with E-state index in [1.165, 1.54) is 0 Å². The van der Waals surface area contributed by atoms with Crippen molar-refractivity contribution >= 4 is 33.5 Å². The van der Waals surface area contributed by atoms with Crippen LogP contribution in [-0.4, -0.2) is 26.7 Å². The van der Waals surface area contributed by atoms with Gasteiger partial charge in [-0.25, -0.2) is 4.79 Å². The zero-order valence-corrected chi connectivity index (χ0v) is 14.3. The van der Waals surface area contributed by atoms with Crippen LogP contribution in [0, 0.1) is 0 Å². The van der Waals surface area contributed by atoms with Gasteiger partial charge in [0.05, 0.1) is 0 Å². The molecule has 0 bridgehead atoms. The van der Waals surface area contributed by atoms with Gasteiger partial charge < -0.3 is 20.6 Å². The minimum atomic E-state index is -1.00. The predicted octanol–water partition coefficient (Wildman–Crippen LogP) is 3.64. The van der Waals surface area contributed by atoms with E-state index in [0.29, 0.717) is 12.1 Å². The van der Waals surface area contributed by atoms with Gasteiger partial charge in [0.2, 0.25) is 0 Å². The molecule has 0 aliphatic heterocycles. The van der Waals surface area contributed by atoms with Gasteiger partial charge in [0.15, 0.2) is 5.84 Å². The fraction of sp³-hybridized carbons (Fsp3) is 0.0476. The van der Waals surface area contributed by atoms with Gasteiger partial charge in [0, 0.05) is 23.0 Å². The molecule has 0 radical (unpaired) electrons. The topological polar surface area (TPSA) is 101 Å². The number of carboxylic acids is 1. The number of hydrogen-bond acceptors (Lipinski definition) is 3. The zero-order chi connectivity index (χ0) is 19.0. The highest BCUT2D eigenvalue weighted by atomic mass is 16.4. The maximum Gasteiger partial charge on any atom is 0.352 e. The summed E-state index contributed by atoms with van der Waals surface area (Å²) >= 11 is 0. The summed E-state index contributed by atoms with van der Waals surface area (Å²) in [6, 6.07) is 20.9. The maximum absolute atomic E-state index is 11.8. The van der Waals surface area contributed by atoms with Gasteiger partial charge in [0.25, 0.3) is 0 Å². The Bertz CT molecular complexity index is 1200. The standard InChI is InChI=1S/C21H17N3O3/c22-20(23-27)14-8-9-18-16(10-14)11-19(21(25)26)24(18)12-15-6-3-5-13-4-1-2-7-17(13)15/h1-11,27H,12H2,(H2,22,23)(H,25,26). The number of aromatic carboxylic acids is 1. The van der Waals surface area contributed by atoms with E-state index in [2.05, 4.69) is 5.16 Å². The number of carbonyl (C=O) groups is 1. The van der Waals surface area contributed by atoms with Crippen LogP contribution < -0.4 is 5.73 Å². The van der Waals surface area contributed by atoms with E-state index in [1.54, 1.807) is 28.8 Å². The molecule has 4 N–H and O–H groups in total. The van der Waals surface area contributed by atoms with Gasteiger partial charge in [-0.15, -0.1) is 0 Å². The Morgan fingerprint density at radius 3 is 2.56 bits per heavy atom. The molecule has 1 aromatic heterocycles. The summed E-state index contributed by atoms with van der Waals surface area (Å²) in [6.07, 6.45) is 0. The first-order valence-electron chi connectivity index (χ1n) is 8.39. The number of aromatic nitrogens is 1. The Kier molecular flexibility index (Phi) is 4.01. The largest absolute Gasteiger partial charge is 0.477 e. The second-order valence-electron chi connectivity index (χ2n) is 6.32. The molecule has 0 saturated carbocycles. The molecule has 6 nitrogen and oxygen atoms in total. The summed E-state index contributed by atoms with van der Waals surface area (Å²) in [6.45, 7) is 0.426. The Morgan fingerprint density at radius 2 is 1.78 bits per heavy atom. The van der Waals surface area contributed by atoms with Crippen LogP contribution in [-0.2, 0) is 6.54 Å². The van der Waals surface area contributed by atoms with Crippen LogP contribution in [0.1, 0.15) is 21.6 Å². The number of hydrogen-bond donors (Lipinski definition) is 3. The van der Waals surface area contributed by atoms with Crippen molar-refractivity contribution in [2.24, 2.45) is 10.9 Å². The lowest BCUT2D eigenvalue weighted by Gasteiger charge is -2.11. The van der Waals surface area contributed by atoms with Crippen LogP contribution >= 0.6 is 0 Å². The molecule has 3 aromatic carbocycles. The van der Waals surface area contributed by atoms with Crippen molar-refractivity contribution in [3.63, 3.8) is 0 Å². The third-order valence-electron chi connectivity index (χ3n) is 4.73. The van der Waals surface area contributed by atoms with Gasteiger partial charge in [0.1, 0.15) is 5.69 Å². The summed E-state index contributed by atoms with van der Waals surface area (Å²) in [5, 5.41) is 24.5. The Balaban J connectivity index is 1.89. The number of carboxylic acid groups (broad SMARTS) is 1. The minimum absolute atomic E-state index is 0.0180. The molecule has 0 aliphatic carbocycles. The number of oxime groups is 1. The summed E-state index contributed by atoms with van der Waals surface area (Å²) in [5.41, 5.74) is 8.18. The number of benzene rings is 3. The smallest absolute Gasteiger partial charge is 0.352 e. The van der Waals surface area contributed by atoms with Gasteiger partial charge in [-0.2, -0.15) is 0 Å². The third-order valence-corrected chi connectivity index (χ3v) is 4.73. The average molecular weight is 359 g/mol. The molecule has 134 valence electrons. The first-order valence-corrected chi connectivity index (χ1v) is 8.39. The van der Waals surface area contributed by atoms with Crippen LogP contribution in [0.2, 0.25) is 0 Å². The van der Waals surface area contributed by atoms with Crippen molar-refractivity contribution in [3.05, 3.63) is 83.6 Å². The second kappa shape index (κ2) is 6.49. The lowest BCUT2D eigenvalue weighted by atomic mass is 10.0. The zero-order valence-electron chi connectivity index (χ0n) is 14.3. The van der Waals surface area contributed by atoms with Crippen molar-refractivity contribution in [2.45, 2.75) is 6.54 Å². The van der Waals surface area contributed by atoms with Crippen molar-refractivity contribution in [3.8, 4) is 0 Å². The van der Waals surface area contributed by atoms with Gasteiger partial charge in [-0.05, 0) is 40.6 Å². The lowest BCUT2D eigenvalue weighted by molar-refractivity contribution is 0.0686. The second-order valence-corrected chi connectivity index (χ2v) is 6.32. The molecule has 4 aromatic rings. The van der Waals surface area contributed by atoms with E-state index < -0.39 is 5.97 Å². The van der Waals surface area contributed by atoms with E-state index in [9.17, 15) is 9.90 Å². The van der Waals surface area contributed by atoms with E-state index in [0.717, 1.165) is 27.2 Å². The van der Waals surface area contributed by atoms with E-state index in [1.807, 2.05) is 42.5 Å². The molecule has 0 amide bonds. The molecule has 0 saturated heterocycles. The summed E-state index contributed by atoms with van der Waals surface area (Å²) in [7, 11) is 0. The number of nitrogens with zero attached hydrogens (tertiary/aromatic N) is 2. The van der Waals surface area contributed by atoms with E-state index >= 15 is 0 Å². The van der Waals surface area contributed by atoms with Gasteiger partial charge >= 0.3 is 5.97 Å². The molecule has 0 aliphatic rings. The highest BCUT2D eigenvalue weighted by molar-refractivity contribution is 6.02. The Hall–Kier alpha value is -3.80. The molecule has 0 unspecified atom stereocenters. The Morgan fingerprint density at radius 1 is 1.00 bits per heavy atom. The SMILES string of the molecule is N/C(=N\O)c1ccc2c(c1)cc(C(=O)O)n2Cc1cccc2ccccc12. The van der Waals surface area contributed by atoms with Crippen LogP contribution in [0.5, 0.6) is 0 Å². The lowest BCUT2D eigenvalue weighted by Crippen LogP contribution is -2.13. The van der Waals surface area contributed by atoms with E-state index in [-0.39, 0.29) is 11.5 Å². The fourth-order valence-corrected chi connectivity index (χ4v) is 3.44. The maximum atomic E-state index is 11.8. The number of nitrogens with two attached hydrogens (primary N) is 1. The van der Waals surface area contributed by atoms with Crippen molar-refractivity contribution in [2.75, 3.05) is 0 Å². The highest BCUT2D eigenvalue weighted by Crippen LogP contribution is 2.26. The average Bonchev–Trinajstić information content (AvgIpc) is 3.05. The Labute approximate surface area is 154 Å². The monoisotopic (exact) mass is 359 g/mol. The molecule has 0 spiro atoms. The third kappa shape index (κ3) is 2.87. The summed E-state index contributed by atoms with van der Waals surface area (Å²) in [4.78, 5) is 11.8. The molecule has 6 heteroatoms. The molecule has 4 rings (SSSR count). The van der Waals surface area contributed by atoms with Crippen LogP contribution in [0.25, 0.3) is 21.7 Å². The van der Waals surface area contributed by atoms with Crippen molar-refractivity contribution < 1.29 is 15.1 Å². The van der Waals surface area contributed by atoms with Crippen LogP contribution in [0.4, 0.5) is 0 Å². The number of fused-ring (bicyclic) bond motifs is 2. The molecule has 0 atom stereocenters. The molecule has 0 fully saturated rings. The molecular weight excluding hydrogens is 342 g/mol. The van der Waals surface area contributed by atoms with Crippen LogP contribution in [0.3, 0.4) is 0 Å². The quantitative estimate of drug-likeness (QED) is 0.224. The molecular formula is C21H17N3O3. The first-order chi connectivity index (χ1) is 13.1. The predicted molar refractivity (Wildman–Crippen MR) is 104 cm³/mol. The van der Waals surface area contributed by atoms with Gasteiger partial charge in [-0.3, -0.25) is 0 Å². The van der Waals surface area contributed by atoms with Gasteiger partial charge in [-0.1, -0.05) is 47.6 Å². The first kappa shape index (κ1) is 16.7. The summed E-state index contributed by atoms with van der Waals surface area (Å²) in [5.74, 6) is -1.02. The summed E-state index contributed by atoms with van der Waals surface area (Å²) < 4.78 is 1.77. The minimum Gasteiger partial charge on any atom is -0.477 e. The molecule has 27 heavy (non-hydrogen) atoms. The number of rotatable bonds is 4. The normalized spacial score (nSPS) is 11.9. The van der Waals surface area contributed by atoms with Crippen molar-refractivity contribution in [1.82, 2.24) is 4.57 Å². The highest BCUT2D eigenvalue weighted by Gasteiger charge is 2.16. The fourth-order valence-electron chi connectivity index (χ4n) is 3.44.